The first-order chi connectivity index (χ1) is 7.70. The van der Waals surface area contributed by atoms with E-state index in [9.17, 15) is 0 Å². The van der Waals surface area contributed by atoms with Crippen molar-refractivity contribution in [2.45, 2.75) is 27.7 Å². The standard InChI is InChI=1S/C16H20/c1-5-9-13(3)15(10-6-2)16-12-8-7-11-14(16)4/h5-12H,1-4H3/b9-5-,10-6-,15-13+. The molecule has 0 aliphatic carbocycles. The van der Waals surface area contributed by atoms with E-state index in [4.69, 9.17) is 0 Å². The number of rotatable bonds is 3. The molecule has 16 heavy (non-hydrogen) atoms. The minimum absolute atomic E-state index is 1.30. The van der Waals surface area contributed by atoms with Crippen LogP contribution in [0.2, 0.25) is 0 Å². The van der Waals surface area contributed by atoms with Gasteiger partial charge in [-0.2, -0.15) is 0 Å². The first-order valence-corrected chi connectivity index (χ1v) is 5.73. The van der Waals surface area contributed by atoms with Crippen LogP contribution in [0.5, 0.6) is 0 Å². The molecule has 0 aromatic heterocycles. The molecule has 1 rings (SSSR count). The molecule has 1 aromatic rings. The maximum absolute atomic E-state index is 2.18. The predicted molar refractivity (Wildman–Crippen MR) is 73.4 cm³/mol. The third kappa shape index (κ3) is 2.96. The molecule has 0 saturated carbocycles. The van der Waals surface area contributed by atoms with Gasteiger partial charge in [0.05, 0.1) is 0 Å². The average molecular weight is 212 g/mol. The topological polar surface area (TPSA) is 0 Å². The van der Waals surface area contributed by atoms with E-state index in [1.54, 1.807) is 0 Å². The Morgan fingerprint density at radius 2 is 1.62 bits per heavy atom. The lowest BCUT2D eigenvalue weighted by molar-refractivity contribution is 1.40. The van der Waals surface area contributed by atoms with E-state index in [0.29, 0.717) is 0 Å². The lowest BCUT2D eigenvalue weighted by Crippen LogP contribution is -1.88. The second kappa shape index (κ2) is 6.12. The van der Waals surface area contributed by atoms with Crippen LogP contribution in [-0.4, -0.2) is 0 Å². The second-order valence-corrected chi connectivity index (χ2v) is 3.91. The van der Waals surface area contributed by atoms with Gasteiger partial charge in [0, 0.05) is 0 Å². The van der Waals surface area contributed by atoms with Crippen molar-refractivity contribution in [1.82, 2.24) is 0 Å². The van der Waals surface area contributed by atoms with Gasteiger partial charge >= 0.3 is 0 Å². The summed E-state index contributed by atoms with van der Waals surface area (Å²) in [5, 5.41) is 0. The summed E-state index contributed by atoms with van der Waals surface area (Å²) >= 11 is 0. The average Bonchev–Trinajstić information content (AvgIpc) is 2.27. The van der Waals surface area contributed by atoms with Gasteiger partial charge in [-0.15, -0.1) is 0 Å². The van der Waals surface area contributed by atoms with E-state index in [2.05, 4.69) is 76.3 Å². The fourth-order valence-corrected chi connectivity index (χ4v) is 1.82. The van der Waals surface area contributed by atoms with Crippen LogP contribution in [0.15, 0.2) is 54.1 Å². The Bertz CT molecular complexity index is 431. The molecule has 0 spiro atoms. The molecule has 0 atom stereocenters. The molecule has 0 saturated heterocycles. The molecular weight excluding hydrogens is 192 g/mol. The van der Waals surface area contributed by atoms with Gasteiger partial charge in [0.2, 0.25) is 0 Å². The molecule has 0 nitrogen and oxygen atoms in total. The summed E-state index contributed by atoms with van der Waals surface area (Å²) in [4.78, 5) is 0. The van der Waals surface area contributed by atoms with Crippen LogP contribution < -0.4 is 0 Å². The van der Waals surface area contributed by atoms with Gasteiger partial charge in [-0.05, 0) is 50.0 Å². The van der Waals surface area contributed by atoms with Crippen LogP contribution in [0.4, 0.5) is 0 Å². The normalized spacial score (nSPS) is 13.5. The van der Waals surface area contributed by atoms with Crippen LogP contribution in [0.3, 0.4) is 0 Å². The van der Waals surface area contributed by atoms with Crippen LogP contribution in [0, 0.1) is 6.92 Å². The Labute approximate surface area is 99.0 Å². The van der Waals surface area contributed by atoms with Gasteiger partial charge < -0.3 is 0 Å². The van der Waals surface area contributed by atoms with Crippen molar-refractivity contribution in [3.63, 3.8) is 0 Å². The highest BCUT2D eigenvalue weighted by atomic mass is 14.1. The Hall–Kier alpha value is -1.56. The van der Waals surface area contributed by atoms with Gasteiger partial charge in [0.15, 0.2) is 0 Å². The monoisotopic (exact) mass is 212 g/mol. The molecule has 0 unspecified atom stereocenters. The second-order valence-electron chi connectivity index (χ2n) is 3.91. The molecule has 1 aromatic carbocycles. The quantitative estimate of drug-likeness (QED) is 0.624. The first-order valence-electron chi connectivity index (χ1n) is 5.73. The maximum Gasteiger partial charge on any atom is -0.0152 e. The van der Waals surface area contributed by atoms with Crippen molar-refractivity contribution in [3.8, 4) is 0 Å². The number of aryl methyl sites for hydroxylation is 1. The highest BCUT2D eigenvalue weighted by Gasteiger charge is 2.03. The van der Waals surface area contributed by atoms with E-state index in [-0.39, 0.29) is 0 Å². The summed E-state index contributed by atoms with van der Waals surface area (Å²) in [6.45, 7) is 8.42. The van der Waals surface area contributed by atoms with Gasteiger partial charge in [0.1, 0.15) is 0 Å². The highest BCUT2D eigenvalue weighted by Crippen LogP contribution is 2.24. The molecule has 0 fully saturated rings. The van der Waals surface area contributed by atoms with Crippen LogP contribution in [0.25, 0.3) is 5.57 Å². The van der Waals surface area contributed by atoms with Crippen LogP contribution >= 0.6 is 0 Å². The number of allylic oxidation sites excluding steroid dienone is 6. The fraction of sp³-hybridized carbons (Fsp3) is 0.250. The van der Waals surface area contributed by atoms with Crippen molar-refractivity contribution in [2.75, 3.05) is 0 Å². The molecule has 84 valence electrons. The minimum atomic E-state index is 1.30. The van der Waals surface area contributed by atoms with E-state index >= 15 is 0 Å². The van der Waals surface area contributed by atoms with Crippen LogP contribution in [-0.2, 0) is 0 Å². The van der Waals surface area contributed by atoms with Gasteiger partial charge in [0.25, 0.3) is 0 Å². The third-order valence-electron chi connectivity index (χ3n) is 2.61. The summed E-state index contributed by atoms with van der Waals surface area (Å²) in [6.07, 6.45) is 8.51. The molecule has 0 N–H and O–H groups in total. The Morgan fingerprint density at radius 3 is 2.19 bits per heavy atom. The number of hydrogen-bond acceptors (Lipinski definition) is 0. The zero-order valence-corrected chi connectivity index (χ0v) is 10.6. The third-order valence-corrected chi connectivity index (χ3v) is 2.61. The van der Waals surface area contributed by atoms with Gasteiger partial charge in [-0.25, -0.2) is 0 Å². The molecular formula is C16H20. The van der Waals surface area contributed by atoms with Crippen molar-refractivity contribution >= 4 is 5.57 Å². The molecule has 0 aliphatic heterocycles. The van der Waals surface area contributed by atoms with Gasteiger partial charge in [-0.3, -0.25) is 0 Å². The molecule has 0 heteroatoms. The molecule has 0 amide bonds. The lowest BCUT2D eigenvalue weighted by Gasteiger charge is -2.09. The van der Waals surface area contributed by atoms with Crippen molar-refractivity contribution < 1.29 is 0 Å². The van der Waals surface area contributed by atoms with Crippen molar-refractivity contribution in [2.24, 2.45) is 0 Å². The zero-order chi connectivity index (χ0) is 12.0. The maximum atomic E-state index is 2.18. The van der Waals surface area contributed by atoms with E-state index < -0.39 is 0 Å². The Morgan fingerprint density at radius 1 is 1.00 bits per heavy atom. The van der Waals surface area contributed by atoms with Crippen molar-refractivity contribution in [3.05, 3.63) is 65.3 Å². The van der Waals surface area contributed by atoms with E-state index in [1.165, 1.54) is 22.3 Å². The SMILES string of the molecule is C\C=C/C(C)=C(\C=C/C)c1ccccc1C. The summed E-state index contributed by atoms with van der Waals surface area (Å²) in [5.41, 5.74) is 5.24. The summed E-state index contributed by atoms with van der Waals surface area (Å²) < 4.78 is 0. The molecule has 0 heterocycles. The summed E-state index contributed by atoms with van der Waals surface area (Å²) in [6, 6.07) is 8.51. The molecule has 0 bridgehead atoms. The zero-order valence-electron chi connectivity index (χ0n) is 10.6. The minimum Gasteiger partial charge on any atom is -0.0874 e. The smallest absolute Gasteiger partial charge is 0.0152 e. The largest absolute Gasteiger partial charge is 0.0874 e. The predicted octanol–water partition coefficient (Wildman–Crippen LogP) is 4.92. The summed E-state index contributed by atoms with van der Waals surface area (Å²) in [7, 11) is 0. The molecule has 0 aliphatic rings. The Balaban J connectivity index is 3.34. The highest BCUT2D eigenvalue weighted by molar-refractivity contribution is 5.79. The van der Waals surface area contributed by atoms with Gasteiger partial charge in [-0.1, -0.05) is 48.6 Å². The lowest BCUT2D eigenvalue weighted by atomic mass is 9.96. The summed E-state index contributed by atoms with van der Waals surface area (Å²) in [5.74, 6) is 0. The van der Waals surface area contributed by atoms with Crippen LogP contribution in [0.1, 0.15) is 31.9 Å². The first kappa shape index (κ1) is 12.5. The Kier molecular flexibility index (Phi) is 4.78. The fourth-order valence-electron chi connectivity index (χ4n) is 1.82. The number of hydrogen-bond donors (Lipinski definition) is 0. The number of benzene rings is 1. The van der Waals surface area contributed by atoms with Crippen molar-refractivity contribution in [1.29, 1.82) is 0 Å². The molecule has 0 radical (unpaired) electrons. The van der Waals surface area contributed by atoms with E-state index in [1.807, 2.05) is 0 Å². The van der Waals surface area contributed by atoms with E-state index in [0.717, 1.165) is 0 Å².